The highest BCUT2D eigenvalue weighted by atomic mass is 19.1. The van der Waals surface area contributed by atoms with Gasteiger partial charge in [0, 0.05) is 50.1 Å². The molecule has 4 N–H and O–H groups in total. The molecule has 0 saturated carbocycles. The number of quaternary nitrogens is 1. The summed E-state index contributed by atoms with van der Waals surface area (Å²) in [6.07, 6.45) is 3.67. The Morgan fingerprint density at radius 1 is 1.06 bits per heavy atom. The van der Waals surface area contributed by atoms with Crippen molar-refractivity contribution in [3.63, 3.8) is 0 Å². The van der Waals surface area contributed by atoms with Crippen molar-refractivity contribution in [2.45, 2.75) is 97.2 Å². The Balaban J connectivity index is 0.00000500. The number of aromatic nitrogens is 2. The number of nitrogens with zero attached hydrogens (tertiary/aromatic N) is 4. The molecule has 9 heteroatoms. The van der Waals surface area contributed by atoms with Crippen molar-refractivity contribution >= 4 is 5.97 Å². The van der Waals surface area contributed by atoms with Crippen molar-refractivity contribution in [2.24, 2.45) is 11.8 Å². The van der Waals surface area contributed by atoms with E-state index in [1.165, 1.54) is 17.3 Å². The number of benzene rings is 2. The second-order valence-corrected chi connectivity index (χ2v) is 14.5. The summed E-state index contributed by atoms with van der Waals surface area (Å²) in [6.45, 7) is 17.3. The van der Waals surface area contributed by atoms with Gasteiger partial charge in [0.2, 0.25) is 0 Å². The number of carbonyl (C=O) groups excluding carboxylic acids is 1. The molecule has 1 aromatic heterocycles. The summed E-state index contributed by atoms with van der Waals surface area (Å²) < 4.78 is 22.5. The number of rotatable bonds is 12. The van der Waals surface area contributed by atoms with Crippen LogP contribution in [0.15, 0.2) is 54.6 Å². The molecule has 2 aliphatic heterocycles. The maximum atomic E-state index is 14.3. The summed E-state index contributed by atoms with van der Waals surface area (Å²) in [6, 6.07) is 16.9. The van der Waals surface area contributed by atoms with E-state index in [9.17, 15) is 14.3 Å². The van der Waals surface area contributed by atoms with Crippen LogP contribution in [0.1, 0.15) is 95.2 Å². The topological polar surface area (TPSA) is 110 Å². The molecule has 2 saturated heterocycles. The molecule has 5 rings (SSSR count). The second kappa shape index (κ2) is 15.8. The first-order valence-corrected chi connectivity index (χ1v) is 17.2. The molecule has 0 spiro atoms. The minimum Gasteiger partial charge on any atom is -0.548 e. The largest absolute Gasteiger partial charge is 0.548 e. The van der Waals surface area contributed by atoms with Gasteiger partial charge < -0.3 is 25.7 Å². The molecule has 3 aromatic rings. The van der Waals surface area contributed by atoms with Crippen LogP contribution in [-0.4, -0.2) is 69.9 Å². The van der Waals surface area contributed by atoms with E-state index in [1.807, 2.05) is 32.0 Å². The summed E-state index contributed by atoms with van der Waals surface area (Å²) >= 11 is 0. The molecule has 2 aromatic carbocycles. The fourth-order valence-corrected chi connectivity index (χ4v) is 7.53. The number of hydrogen-bond donors (Lipinski definition) is 1. The average Bonchev–Trinajstić information content (AvgIpc) is 3.61. The van der Waals surface area contributed by atoms with E-state index < -0.39 is 12.0 Å². The zero-order chi connectivity index (χ0) is 33.0. The number of aryl methyl sites for hydroxylation is 1. The fourth-order valence-electron chi connectivity index (χ4n) is 7.53. The molecule has 8 nitrogen and oxygen atoms in total. The standard InChI is InChI=1S/C38H53FN4O3.H3N/c1-7-26(3)36(37(44)45)42-24-30(34(25-42)29-10-9-11-31(39)21-29)23-41-18-16-28(17-19-41)35-22-32(40-43(35)8-2)20-27-12-14-33(15-13-27)46-38(4,5)6;/h9-15,21-22,26,28,30,34,36H,7-8,16-20,23-25H2,1-6H3,(H,44,45);1H3/t26-,30-,34+,36+;/m0./s1. The lowest BCUT2D eigenvalue weighted by Gasteiger charge is -2.35. The van der Waals surface area contributed by atoms with E-state index in [-0.39, 0.29) is 35.3 Å². The van der Waals surface area contributed by atoms with E-state index in [2.05, 4.69) is 60.4 Å². The van der Waals surface area contributed by atoms with Gasteiger partial charge in [0.1, 0.15) is 17.2 Å². The molecular weight excluding hydrogens is 593 g/mol. The summed E-state index contributed by atoms with van der Waals surface area (Å²) in [5.74, 6) is 0.369. The van der Waals surface area contributed by atoms with Gasteiger partial charge in [-0.05, 0) is 107 Å². The van der Waals surface area contributed by atoms with E-state index in [1.54, 1.807) is 12.1 Å². The molecule has 0 bridgehead atoms. The highest BCUT2D eigenvalue weighted by Gasteiger charge is 2.40. The third-order valence-corrected chi connectivity index (χ3v) is 9.96. The predicted octanol–water partition coefficient (Wildman–Crippen LogP) is 6.25. The maximum absolute atomic E-state index is 14.3. The first-order chi connectivity index (χ1) is 21.9. The smallest absolute Gasteiger partial charge is 0.123 e. The van der Waals surface area contributed by atoms with E-state index >= 15 is 0 Å². The molecule has 0 unspecified atom stereocenters. The number of likely N-dealkylation sites (tertiary alicyclic amines) is 2. The first kappa shape index (κ1) is 36.6. The Kier molecular flexibility index (Phi) is 12.3. The number of carboxylic acid groups (broad SMARTS) is 1. The summed E-state index contributed by atoms with van der Waals surface area (Å²) in [5.41, 5.74) is 4.37. The van der Waals surface area contributed by atoms with Crippen LogP contribution in [0.4, 0.5) is 4.39 Å². The molecule has 2 aliphatic rings. The number of carboxylic acids is 1. The van der Waals surface area contributed by atoms with Crippen molar-refractivity contribution in [1.82, 2.24) is 25.7 Å². The number of halogens is 1. The molecule has 4 atom stereocenters. The van der Waals surface area contributed by atoms with Gasteiger partial charge in [0.05, 0.1) is 17.7 Å². The van der Waals surface area contributed by atoms with Gasteiger partial charge in [0.15, 0.2) is 0 Å². The quantitative estimate of drug-likeness (QED) is 0.249. The maximum Gasteiger partial charge on any atom is 0.123 e. The lowest BCUT2D eigenvalue weighted by molar-refractivity contribution is -0.313. The van der Waals surface area contributed by atoms with Crippen LogP contribution in [0.2, 0.25) is 0 Å². The molecular formula is C38H56FN5O3. The van der Waals surface area contributed by atoms with Crippen molar-refractivity contribution in [2.75, 3.05) is 32.7 Å². The SMILES string of the molecule is CC[C@H](C)[C@H](C(=O)[O-])N1C[C@H](CN2CCC(c3cc(Cc4ccc(OC(C)(C)C)cc4)nn3CC)CC2)[C@@H](c2cccc(F)c2)C1.[NH4+]. The van der Waals surface area contributed by atoms with Crippen molar-refractivity contribution < 1.29 is 19.0 Å². The number of ether oxygens (including phenoxy) is 1. The number of carbonyl (C=O) groups is 1. The third-order valence-electron chi connectivity index (χ3n) is 9.96. The van der Waals surface area contributed by atoms with Crippen molar-refractivity contribution in [3.8, 4) is 5.75 Å². The summed E-state index contributed by atoms with van der Waals surface area (Å²) in [5, 5.41) is 17.2. The van der Waals surface area contributed by atoms with Crippen LogP contribution in [-0.2, 0) is 17.8 Å². The molecule has 258 valence electrons. The van der Waals surface area contributed by atoms with Gasteiger partial charge in [-0.15, -0.1) is 0 Å². The Morgan fingerprint density at radius 3 is 2.36 bits per heavy atom. The Morgan fingerprint density at radius 2 is 1.77 bits per heavy atom. The fraction of sp³-hybridized carbons (Fsp3) is 0.579. The van der Waals surface area contributed by atoms with Gasteiger partial charge >= 0.3 is 0 Å². The van der Waals surface area contributed by atoms with Crippen LogP contribution in [0.25, 0.3) is 0 Å². The van der Waals surface area contributed by atoms with Crippen LogP contribution >= 0.6 is 0 Å². The zero-order valence-corrected chi connectivity index (χ0v) is 29.5. The highest BCUT2D eigenvalue weighted by molar-refractivity contribution is 5.71. The monoisotopic (exact) mass is 649 g/mol. The first-order valence-electron chi connectivity index (χ1n) is 17.2. The van der Waals surface area contributed by atoms with Crippen LogP contribution in [0.3, 0.4) is 0 Å². The summed E-state index contributed by atoms with van der Waals surface area (Å²) in [4.78, 5) is 16.8. The minimum absolute atomic E-state index is 0. The van der Waals surface area contributed by atoms with Gasteiger partial charge in [-0.25, -0.2) is 4.39 Å². The van der Waals surface area contributed by atoms with Gasteiger partial charge in [-0.3, -0.25) is 9.58 Å². The Labute approximate surface area is 280 Å². The zero-order valence-electron chi connectivity index (χ0n) is 29.5. The molecule has 0 radical (unpaired) electrons. The van der Waals surface area contributed by atoms with Crippen molar-refractivity contribution in [3.05, 3.63) is 82.9 Å². The van der Waals surface area contributed by atoms with Crippen molar-refractivity contribution in [1.29, 1.82) is 0 Å². The van der Waals surface area contributed by atoms with Crippen LogP contribution in [0.5, 0.6) is 5.75 Å². The second-order valence-electron chi connectivity index (χ2n) is 14.5. The van der Waals surface area contributed by atoms with Gasteiger partial charge in [-0.2, -0.15) is 5.10 Å². The number of hydrogen-bond acceptors (Lipinski definition) is 6. The molecule has 3 heterocycles. The van der Waals surface area contributed by atoms with E-state index in [4.69, 9.17) is 9.84 Å². The van der Waals surface area contributed by atoms with Crippen LogP contribution in [0, 0.1) is 17.7 Å². The molecule has 0 amide bonds. The molecule has 2 fully saturated rings. The number of aliphatic carboxylic acids is 1. The predicted molar refractivity (Wildman–Crippen MR) is 184 cm³/mol. The lowest BCUT2D eigenvalue weighted by Crippen LogP contribution is -2.51. The average molecular weight is 650 g/mol. The van der Waals surface area contributed by atoms with E-state index in [0.29, 0.717) is 19.0 Å². The van der Waals surface area contributed by atoms with Crippen LogP contribution < -0.4 is 16.0 Å². The lowest BCUT2D eigenvalue weighted by atomic mass is 9.87. The van der Waals surface area contributed by atoms with Gasteiger partial charge in [-0.1, -0.05) is 44.5 Å². The minimum atomic E-state index is -1.01. The van der Waals surface area contributed by atoms with E-state index in [0.717, 1.165) is 68.9 Å². The Hall–Kier alpha value is -3.27. The summed E-state index contributed by atoms with van der Waals surface area (Å²) in [7, 11) is 0. The highest BCUT2D eigenvalue weighted by Crippen LogP contribution is 2.37. The third kappa shape index (κ3) is 9.21. The number of piperidine rings is 1. The molecule has 47 heavy (non-hydrogen) atoms. The van der Waals surface area contributed by atoms with Gasteiger partial charge in [0.25, 0.3) is 0 Å². The Bertz CT molecular complexity index is 1440. The molecule has 0 aliphatic carbocycles. The normalized spacial score (nSPS) is 20.9.